The van der Waals surface area contributed by atoms with Crippen LogP contribution in [-0.2, 0) is 0 Å². The van der Waals surface area contributed by atoms with Crippen molar-refractivity contribution in [1.82, 2.24) is 0 Å². The Balaban J connectivity index is 1.18. The molecule has 53 heavy (non-hydrogen) atoms. The van der Waals surface area contributed by atoms with Crippen LogP contribution in [0.1, 0.15) is 0 Å². The van der Waals surface area contributed by atoms with Gasteiger partial charge < -0.3 is 4.42 Å². The van der Waals surface area contributed by atoms with Crippen LogP contribution in [0.5, 0.6) is 0 Å². The zero-order valence-electron chi connectivity index (χ0n) is 28.9. The first-order valence-electron chi connectivity index (χ1n) is 18.3. The van der Waals surface area contributed by atoms with Crippen molar-refractivity contribution in [3.63, 3.8) is 0 Å². The van der Waals surface area contributed by atoms with Crippen molar-refractivity contribution in [2.24, 2.45) is 0 Å². The number of furan rings is 1. The van der Waals surface area contributed by atoms with E-state index in [9.17, 15) is 0 Å². The van der Waals surface area contributed by atoms with E-state index >= 15 is 0 Å². The number of rotatable bonds is 4. The Morgan fingerprint density at radius 3 is 1.47 bits per heavy atom. The largest absolute Gasteiger partial charge is 0.456 e. The Kier molecular flexibility index (Phi) is 6.62. The third kappa shape index (κ3) is 4.64. The summed E-state index contributed by atoms with van der Waals surface area (Å²) in [5.74, 6) is 0. The van der Waals surface area contributed by atoms with Crippen LogP contribution in [0.4, 0.5) is 0 Å². The third-order valence-electron chi connectivity index (χ3n) is 11.1. The van der Waals surface area contributed by atoms with Gasteiger partial charge in [0.25, 0.3) is 0 Å². The Hall–Kier alpha value is -6.96. The third-order valence-corrected chi connectivity index (χ3v) is 11.1. The van der Waals surface area contributed by atoms with E-state index in [0.29, 0.717) is 0 Å². The van der Waals surface area contributed by atoms with E-state index in [1.165, 1.54) is 87.6 Å². The lowest BCUT2D eigenvalue weighted by molar-refractivity contribution is 0.669. The molecule has 1 aromatic heterocycles. The molecule has 0 aliphatic rings. The average Bonchev–Trinajstić information content (AvgIpc) is 3.61. The molecule has 0 amide bonds. The quantitative estimate of drug-likeness (QED) is 0.134. The van der Waals surface area contributed by atoms with Gasteiger partial charge in [0.1, 0.15) is 11.2 Å². The van der Waals surface area contributed by atoms with Crippen molar-refractivity contribution in [3.05, 3.63) is 194 Å². The minimum absolute atomic E-state index is 0.899. The predicted octanol–water partition coefficient (Wildman–Crippen LogP) is 14.9. The van der Waals surface area contributed by atoms with Gasteiger partial charge >= 0.3 is 0 Å². The molecule has 1 heteroatoms. The van der Waals surface area contributed by atoms with Gasteiger partial charge in [-0.1, -0.05) is 170 Å². The molecule has 0 atom stereocenters. The highest BCUT2D eigenvalue weighted by Gasteiger charge is 2.21. The molecule has 0 saturated heterocycles. The van der Waals surface area contributed by atoms with E-state index in [1.807, 2.05) is 0 Å². The minimum atomic E-state index is 0.899. The summed E-state index contributed by atoms with van der Waals surface area (Å²) in [6.07, 6.45) is 0. The van der Waals surface area contributed by atoms with Gasteiger partial charge in [-0.15, -0.1) is 0 Å². The summed E-state index contributed by atoms with van der Waals surface area (Å²) in [5.41, 5.74) is 11.6. The Labute approximate surface area is 307 Å². The molecule has 0 spiro atoms. The zero-order chi connectivity index (χ0) is 34.9. The number of hydrogen-bond donors (Lipinski definition) is 0. The smallest absolute Gasteiger partial charge is 0.136 e. The van der Waals surface area contributed by atoms with Crippen LogP contribution < -0.4 is 0 Å². The highest BCUT2D eigenvalue weighted by atomic mass is 16.3. The number of fused-ring (bicyclic) bond motifs is 8. The highest BCUT2D eigenvalue weighted by molar-refractivity contribution is 6.27. The van der Waals surface area contributed by atoms with Gasteiger partial charge in [0.2, 0.25) is 0 Å². The van der Waals surface area contributed by atoms with Gasteiger partial charge in [-0.2, -0.15) is 0 Å². The van der Waals surface area contributed by atoms with Crippen LogP contribution in [0.25, 0.3) is 110 Å². The first kappa shape index (κ1) is 29.7. The van der Waals surface area contributed by atoms with Crippen LogP contribution >= 0.6 is 0 Å². The second-order valence-corrected chi connectivity index (χ2v) is 14.0. The van der Waals surface area contributed by atoms with Crippen molar-refractivity contribution in [2.75, 3.05) is 0 Å². The lowest BCUT2D eigenvalue weighted by Gasteiger charge is -2.19. The van der Waals surface area contributed by atoms with E-state index < -0.39 is 0 Å². The molecular formula is C52H32O. The van der Waals surface area contributed by atoms with Crippen molar-refractivity contribution < 1.29 is 4.42 Å². The van der Waals surface area contributed by atoms with Crippen molar-refractivity contribution >= 4 is 65.0 Å². The summed E-state index contributed by atoms with van der Waals surface area (Å²) in [7, 11) is 0. The standard InChI is InChI=1S/C52H32O/c1-3-13-33(14-4-1)35-25-28-38-37(31-35)26-29-40-39(38)21-11-22-41(40)50-42-17-7-9-19-44(42)51(45-20-10-8-18-43(45)50)46-23-12-24-49-52(46)47-32-36(27-30-48(47)53-49)34-15-5-2-6-16-34/h1-32H. The Morgan fingerprint density at radius 2 is 0.792 bits per heavy atom. The topological polar surface area (TPSA) is 13.1 Å². The monoisotopic (exact) mass is 672 g/mol. The summed E-state index contributed by atoms with van der Waals surface area (Å²) in [4.78, 5) is 0. The van der Waals surface area contributed by atoms with Crippen LogP contribution in [0.3, 0.4) is 0 Å². The molecule has 0 unspecified atom stereocenters. The fourth-order valence-electron chi connectivity index (χ4n) is 8.68. The summed E-state index contributed by atoms with van der Waals surface area (Å²) in [5, 5.41) is 12.2. The summed E-state index contributed by atoms with van der Waals surface area (Å²) in [6, 6.07) is 70.5. The molecule has 0 fully saturated rings. The maximum Gasteiger partial charge on any atom is 0.136 e. The van der Waals surface area contributed by atoms with Gasteiger partial charge in [0, 0.05) is 10.8 Å². The van der Waals surface area contributed by atoms with Crippen molar-refractivity contribution in [1.29, 1.82) is 0 Å². The molecule has 246 valence electrons. The highest BCUT2D eigenvalue weighted by Crippen LogP contribution is 2.48. The van der Waals surface area contributed by atoms with E-state index in [-0.39, 0.29) is 0 Å². The van der Waals surface area contributed by atoms with Gasteiger partial charge in [0.05, 0.1) is 0 Å². The van der Waals surface area contributed by atoms with Crippen LogP contribution in [0.15, 0.2) is 199 Å². The molecule has 0 N–H and O–H groups in total. The molecule has 10 aromatic carbocycles. The average molecular weight is 673 g/mol. The number of benzene rings is 10. The van der Waals surface area contributed by atoms with Crippen LogP contribution in [0, 0.1) is 0 Å². The molecule has 0 radical (unpaired) electrons. The maximum atomic E-state index is 6.54. The maximum absolute atomic E-state index is 6.54. The van der Waals surface area contributed by atoms with Gasteiger partial charge in [-0.25, -0.2) is 0 Å². The van der Waals surface area contributed by atoms with Crippen LogP contribution in [-0.4, -0.2) is 0 Å². The Morgan fingerprint density at radius 1 is 0.264 bits per heavy atom. The predicted molar refractivity (Wildman–Crippen MR) is 225 cm³/mol. The van der Waals surface area contributed by atoms with E-state index in [1.54, 1.807) is 0 Å². The van der Waals surface area contributed by atoms with Crippen molar-refractivity contribution in [3.8, 4) is 44.5 Å². The van der Waals surface area contributed by atoms with Gasteiger partial charge in [-0.05, 0) is 112 Å². The molecule has 0 aliphatic heterocycles. The second-order valence-electron chi connectivity index (χ2n) is 14.0. The van der Waals surface area contributed by atoms with E-state index in [2.05, 4.69) is 194 Å². The SMILES string of the molecule is c1ccc(-c2ccc3c(ccc4c(-c5c6ccccc6c(-c6cccc7oc8ccc(-c9ccccc9)cc8c67)c6ccccc56)cccc43)c2)cc1. The minimum Gasteiger partial charge on any atom is -0.456 e. The summed E-state index contributed by atoms with van der Waals surface area (Å²) < 4.78 is 6.54. The second kappa shape index (κ2) is 11.8. The molecule has 1 heterocycles. The number of hydrogen-bond acceptors (Lipinski definition) is 1. The van der Waals surface area contributed by atoms with E-state index in [4.69, 9.17) is 4.42 Å². The van der Waals surface area contributed by atoms with Crippen molar-refractivity contribution in [2.45, 2.75) is 0 Å². The zero-order valence-corrected chi connectivity index (χ0v) is 28.9. The molecule has 11 rings (SSSR count). The first-order chi connectivity index (χ1) is 26.3. The molecule has 0 aliphatic carbocycles. The molecular weight excluding hydrogens is 641 g/mol. The lowest BCUT2D eigenvalue weighted by Crippen LogP contribution is -1.92. The summed E-state index contributed by atoms with van der Waals surface area (Å²) in [6.45, 7) is 0. The first-order valence-corrected chi connectivity index (χ1v) is 18.3. The molecule has 1 nitrogen and oxygen atoms in total. The van der Waals surface area contributed by atoms with Gasteiger partial charge in [-0.3, -0.25) is 0 Å². The lowest BCUT2D eigenvalue weighted by atomic mass is 9.83. The molecule has 0 saturated carbocycles. The molecule has 11 aromatic rings. The fraction of sp³-hybridized carbons (Fsp3) is 0. The molecule has 0 bridgehead atoms. The van der Waals surface area contributed by atoms with Gasteiger partial charge in [0.15, 0.2) is 0 Å². The summed E-state index contributed by atoms with van der Waals surface area (Å²) >= 11 is 0. The fourth-order valence-corrected chi connectivity index (χ4v) is 8.68. The van der Waals surface area contributed by atoms with Crippen LogP contribution in [0.2, 0.25) is 0 Å². The normalized spacial score (nSPS) is 11.8. The van der Waals surface area contributed by atoms with E-state index in [0.717, 1.165) is 21.9 Å². The Bertz CT molecular complexity index is 3150.